The molecule has 1 aromatic rings. The van der Waals surface area contributed by atoms with E-state index in [1.807, 2.05) is 4.90 Å². The normalized spacial score (nSPS) is 23.8. The molecule has 6 nitrogen and oxygen atoms in total. The summed E-state index contributed by atoms with van der Waals surface area (Å²) in [4.78, 5) is 29.4. The molecular formula is C28H38N2O4S. The largest absolute Gasteiger partial charge is 0.367 e. The second-order valence-corrected chi connectivity index (χ2v) is 12.7. The van der Waals surface area contributed by atoms with Crippen LogP contribution in [0.3, 0.4) is 0 Å². The van der Waals surface area contributed by atoms with Crippen molar-refractivity contribution in [3.05, 3.63) is 46.0 Å². The summed E-state index contributed by atoms with van der Waals surface area (Å²) in [6, 6.07) is 6.54. The molecule has 2 saturated carbocycles. The Balaban J connectivity index is 1.66. The summed E-state index contributed by atoms with van der Waals surface area (Å²) in [5, 5.41) is 0. The van der Waals surface area contributed by atoms with E-state index in [1.165, 1.54) is 0 Å². The van der Waals surface area contributed by atoms with Crippen LogP contribution in [0.1, 0.15) is 105 Å². The molecule has 7 heteroatoms. The first-order valence-electron chi connectivity index (χ1n) is 13.6. The monoisotopic (exact) mass is 498 g/mol. The summed E-state index contributed by atoms with van der Waals surface area (Å²) in [5.74, 6) is -0.305. The zero-order valence-corrected chi connectivity index (χ0v) is 21.7. The van der Waals surface area contributed by atoms with Gasteiger partial charge in [0.2, 0.25) is 21.6 Å². The Hall–Kier alpha value is -1.99. The van der Waals surface area contributed by atoms with E-state index in [2.05, 4.69) is 6.92 Å². The molecule has 4 aliphatic rings. The van der Waals surface area contributed by atoms with Crippen molar-refractivity contribution < 1.29 is 18.0 Å². The van der Waals surface area contributed by atoms with Crippen molar-refractivity contribution in [2.75, 3.05) is 13.1 Å². The maximum atomic E-state index is 14.6. The van der Waals surface area contributed by atoms with Crippen LogP contribution in [0.25, 0.3) is 0 Å². The lowest BCUT2D eigenvalue weighted by atomic mass is 9.90. The predicted octanol–water partition coefficient (Wildman–Crippen LogP) is 5.31. The number of allylic oxidation sites excluding steroid dienone is 2. The highest BCUT2D eigenvalue weighted by Crippen LogP contribution is 2.39. The van der Waals surface area contributed by atoms with E-state index in [1.54, 1.807) is 28.6 Å². The van der Waals surface area contributed by atoms with Gasteiger partial charge in [-0.25, -0.2) is 8.42 Å². The number of ketones is 2. The zero-order valence-electron chi connectivity index (χ0n) is 20.9. The number of sulfonamides is 1. The Labute approximate surface area is 209 Å². The van der Waals surface area contributed by atoms with Gasteiger partial charge in [-0.1, -0.05) is 69.7 Å². The number of hydrogen-bond donors (Lipinski definition) is 0. The van der Waals surface area contributed by atoms with Crippen molar-refractivity contribution in [3.63, 3.8) is 0 Å². The Bertz CT molecular complexity index is 1090. The molecule has 5 rings (SSSR count). The summed E-state index contributed by atoms with van der Waals surface area (Å²) in [7, 11) is -4.16. The van der Waals surface area contributed by atoms with Gasteiger partial charge in [0.25, 0.3) is 0 Å². The molecule has 3 aliphatic carbocycles. The maximum Gasteiger partial charge on any atom is 0.249 e. The van der Waals surface area contributed by atoms with Gasteiger partial charge in [0.05, 0.1) is 0 Å². The van der Waals surface area contributed by atoms with Crippen LogP contribution < -0.4 is 0 Å². The van der Waals surface area contributed by atoms with Gasteiger partial charge in [-0.05, 0) is 44.4 Å². The van der Waals surface area contributed by atoms with Gasteiger partial charge < -0.3 is 4.90 Å². The van der Waals surface area contributed by atoms with Crippen LogP contribution in [-0.2, 0) is 10.0 Å². The van der Waals surface area contributed by atoms with Gasteiger partial charge >= 0.3 is 0 Å². The van der Waals surface area contributed by atoms with Crippen molar-refractivity contribution in [2.45, 2.75) is 96.1 Å². The third kappa shape index (κ3) is 4.62. The molecule has 0 aromatic heterocycles. The summed E-state index contributed by atoms with van der Waals surface area (Å²) in [6.45, 7) is 3.38. The number of fused-ring (bicyclic) bond motifs is 1. The molecule has 35 heavy (non-hydrogen) atoms. The van der Waals surface area contributed by atoms with Crippen LogP contribution in [0, 0.1) is 5.92 Å². The molecule has 0 bridgehead atoms. The average Bonchev–Trinajstić information content (AvgIpc) is 2.88. The first-order chi connectivity index (χ1) is 16.9. The Kier molecular flexibility index (Phi) is 7.18. The van der Waals surface area contributed by atoms with Crippen molar-refractivity contribution >= 4 is 21.6 Å². The van der Waals surface area contributed by atoms with E-state index in [9.17, 15) is 18.0 Å². The highest BCUT2D eigenvalue weighted by Gasteiger charge is 2.47. The second kappa shape index (κ2) is 10.2. The van der Waals surface area contributed by atoms with E-state index in [-0.39, 0.29) is 34.0 Å². The molecule has 0 N–H and O–H groups in total. The molecule has 1 saturated heterocycles. The molecule has 190 valence electrons. The molecule has 1 aliphatic heterocycles. The Morgan fingerprint density at radius 3 is 1.74 bits per heavy atom. The SMILES string of the molecule is CC1CCN(C2=C(S(=O)(=O)N(C3CCCCC3)C3CCCCC3)C(=O)c3ccccc3C2=O)CC1. The van der Waals surface area contributed by atoms with Crippen molar-refractivity contribution in [1.29, 1.82) is 0 Å². The maximum absolute atomic E-state index is 14.6. The highest BCUT2D eigenvalue weighted by molar-refractivity contribution is 7.94. The van der Waals surface area contributed by atoms with Crippen LogP contribution in [0.2, 0.25) is 0 Å². The molecule has 3 fully saturated rings. The number of benzene rings is 1. The minimum atomic E-state index is -4.16. The van der Waals surface area contributed by atoms with Crippen molar-refractivity contribution in [3.8, 4) is 0 Å². The first kappa shape index (κ1) is 24.7. The van der Waals surface area contributed by atoms with Gasteiger partial charge in [-0.2, -0.15) is 4.31 Å². The lowest BCUT2D eigenvalue weighted by molar-refractivity contribution is 0.0930. The van der Waals surface area contributed by atoms with Crippen LogP contribution in [0.4, 0.5) is 0 Å². The van der Waals surface area contributed by atoms with Crippen molar-refractivity contribution in [2.24, 2.45) is 5.92 Å². The van der Waals surface area contributed by atoms with Crippen LogP contribution >= 0.6 is 0 Å². The average molecular weight is 499 g/mol. The molecule has 0 amide bonds. The number of piperidine rings is 1. The molecular weight excluding hydrogens is 460 g/mol. The minimum Gasteiger partial charge on any atom is -0.367 e. The zero-order chi connectivity index (χ0) is 24.6. The van der Waals surface area contributed by atoms with E-state index in [0.717, 1.165) is 77.0 Å². The molecule has 0 radical (unpaired) electrons. The quantitative estimate of drug-likeness (QED) is 0.550. The van der Waals surface area contributed by atoms with Gasteiger partial charge in [0.15, 0.2) is 4.91 Å². The number of hydrogen-bond acceptors (Lipinski definition) is 5. The van der Waals surface area contributed by atoms with Crippen LogP contribution in [0.15, 0.2) is 34.9 Å². The smallest absolute Gasteiger partial charge is 0.249 e. The minimum absolute atomic E-state index is 0.0907. The van der Waals surface area contributed by atoms with E-state index < -0.39 is 15.8 Å². The Morgan fingerprint density at radius 1 is 0.743 bits per heavy atom. The van der Waals surface area contributed by atoms with Gasteiger partial charge in [0.1, 0.15) is 5.70 Å². The number of rotatable bonds is 5. The fraction of sp³-hybridized carbons (Fsp3) is 0.643. The molecule has 0 atom stereocenters. The number of carbonyl (C=O) groups is 2. The third-order valence-electron chi connectivity index (χ3n) is 8.56. The number of likely N-dealkylation sites (tertiary alicyclic amines) is 1. The van der Waals surface area contributed by atoms with E-state index in [4.69, 9.17) is 0 Å². The lowest BCUT2D eigenvalue weighted by Gasteiger charge is -2.42. The lowest BCUT2D eigenvalue weighted by Crippen LogP contribution is -2.51. The molecule has 0 unspecified atom stereocenters. The first-order valence-corrected chi connectivity index (χ1v) is 15.0. The predicted molar refractivity (Wildman–Crippen MR) is 137 cm³/mol. The molecule has 1 heterocycles. The van der Waals surface area contributed by atoms with E-state index in [0.29, 0.717) is 24.6 Å². The number of Topliss-reactive ketones (excluding diaryl/α,β-unsaturated/α-hetero) is 2. The number of nitrogens with zero attached hydrogens (tertiary/aromatic N) is 2. The number of carbonyl (C=O) groups excluding carboxylic acids is 2. The molecule has 0 spiro atoms. The van der Waals surface area contributed by atoms with Gasteiger partial charge in [-0.3, -0.25) is 9.59 Å². The Morgan fingerprint density at radius 2 is 1.23 bits per heavy atom. The molecule has 1 aromatic carbocycles. The highest BCUT2D eigenvalue weighted by atomic mass is 32.2. The fourth-order valence-electron chi connectivity index (χ4n) is 6.57. The summed E-state index contributed by atoms with van der Waals surface area (Å²) < 4.78 is 31.0. The van der Waals surface area contributed by atoms with Crippen LogP contribution in [0.5, 0.6) is 0 Å². The van der Waals surface area contributed by atoms with Gasteiger partial charge in [0, 0.05) is 36.3 Å². The fourth-order valence-corrected chi connectivity index (χ4v) is 8.79. The standard InChI is InChI=1S/C28H38N2O4S/c1-20-16-18-29(19-17-20)25-26(31)23-14-8-9-15-24(23)27(32)28(25)35(33,34)30(21-10-4-2-5-11-21)22-12-6-3-7-13-22/h8-9,14-15,20-22H,2-7,10-13,16-19H2,1H3. The summed E-state index contributed by atoms with van der Waals surface area (Å²) >= 11 is 0. The van der Waals surface area contributed by atoms with Gasteiger partial charge in [-0.15, -0.1) is 0 Å². The van der Waals surface area contributed by atoms with Crippen molar-refractivity contribution in [1.82, 2.24) is 9.21 Å². The van der Waals surface area contributed by atoms with Crippen LogP contribution in [-0.4, -0.2) is 54.4 Å². The second-order valence-electron chi connectivity index (χ2n) is 11.0. The van der Waals surface area contributed by atoms with E-state index >= 15 is 0 Å². The summed E-state index contributed by atoms with van der Waals surface area (Å²) in [5.41, 5.74) is 0.668. The summed E-state index contributed by atoms with van der Waals surface area (Å²) in [6.07, 6.45) is 11.4. The topological polar surface area (TPSA) is 74.8 Å². The third-order valence-corrected chi connectivity index (χ3v) is 10.6.